The highest BCUT2D eigenvalue weighted by atomic mass is 15.1. The number of aryl methyl sites for hydroxylation is 2. The summed E-state index contributed by atoms with van der Waals surface area (Å²) >= 11 is 0. The number of benzene rings is 1. The Bertz CT molecular complexity index is 360. The SMILES string of the molecule is CCCNC(CC)CN(C)c1ccc(C)cc1C. The van der Waals surface area contributed by atoms with Crippen molar-refractivity contribution in [3.8, 4) is 0 Å². The van der Waals surface area contributed by atoms with Crippen molar-refractivity contribution in [3.05, 3.63) is 29.3 Å². The highest BCUT2D eigenvalue weighted by molar-refractivity contribution is 5.53. The van der Waals surface area contributed by atoms with E-state index in [4.69, 9.17) is 0 Å². The molecule has 0 fully saturated rings. The van der Waals surface area contributed by atoms with E-state index < -0.39 is 0 Å². The Labute approximate surface area is 112 Å². The lowest BCUT2D eigenvalue weighted by molar-refractivity contribution is 0.497. The summed E-state index contributed by atoms with van der Waals surface area (Å²) in [6, 6.07) is 7.26. The summed E-state index contributed by atoms with van der Waals surface area (Å²) in [5.74, 6) is 0. The van der Waals surface area contributed by atoms with Gasteiger partial charge in [0.15, 0.2) is 0 Å². The average Bonchev–Trinajstić information content (AvgIpc) is 2.34. The normalized spacial score (nSPS) is 12.5. The summed E-state index contributed by atoms with van der Waals surface area (Å²) in [7, 11) is 2.19. The van der Waals surface area contributed by atoms with Crippen molar-refractivity contribution < 1.29 is 0 Å². The van der Waals surface area contributed by atoms with Gasteiger partial charge in [0.2, 0.25) is 0 Å². The van der Waals surface area contributed by atoms with Crippen LogP contribution in [0, 0.1) is 13.8 Å². The van der Waals surface area contributed by atoms with E-state index in [-0.39, 0.29) is 0 Å². The number of likely N-dealkylation sites (N-methyl/N-ethyl adjacent to an activating group) is 1. The summed E-state index contributed by atoms with van der Waals surface area (Å²) in [6.07, 6.45) is 2.37. The molecule has 1 aromatic rings. The molecule has 1 rings (SSSR count). The molecule has 0 aliphatic rings. The van der Waals surface area contributed by atoms with Gasteiger partial charge < -0.3 is 10.2 Å². The monoisotopic (exact) mass is 248 g/mol. The molecule has 0 aliphatic carbocycles. The maximum absolute atomic E-state index is 3.61. The lowest BCUT2D eigenvalue weighted by Gasteiger charge is -2.27. The molecule has 2 nitrogen and oxygen atoms in total. The van der Waals surface area contributed by atoms with Crippen molar-refractivity contribution in [1.82, 2.24) is 5.32 Å². The summed E-state index contributed by atoms with van der Waals surface area (Å²) in [6.45, 7) is 11.0. The van der Waals surface area contributed by atoms with Crippen LogP contribution < -0.4 is 10.2 Å². The Morgan fingerprint density at radius 1 is 1.22 bits per heavy atom. The molecular formula is C16H28N2. The van der Waals surface area contributed by atoms with Crippen LogP contribution in [-0.4, -0.2) is 26.2 Å². The first-order chi connectivity index (χ1) is 8.58. The predicted octanol–water partition coefficient (Wildman–Crippen LogP) is 3.52. The van der Waals surface area contributed by atoms with E-state index in [9.17, 15) is 0 Å². The molecule has 1 atom stereocenters. The molecule has 0 saturated heterocycles. The topological polar surface area (TPSA) is 15.3 Å². The number of nitrogens with zero attached hydrogens (tertiary/aromatic N) is 1. The number of hydrogen-bond acceptors (Lipinski definition) is 2. The first-order valence-electron chi connectivity index (χ1n) is 7.10. The maximum Gasteiger partial charge on any atom is 0.0394 e. The largest absolute Gasteiger partial charge is 0.373 e. The average molecular weight is 248 g/mol. The summed E-state index contributed by atoms with van der Waals surface area (Å²) in [5.41, 5.74) is 4.04. The molecule has 102 valence electrons. The zero-order valence-electron chi connectivity index (χ0n) is 12.6. The Hall–Kier alpha value is -1.02. The fourth-order valence-electron chi connectivity index (χ4n) is 2.35. The molecule has 0 heterocycles. The van der Waals surface area contributed by atoms with Crippen molar-refractivity contribution in [1.29, 1.82) is 0 Å². The second-order valence-electron chi connectivity index (χ2n) is 5.23. The molecule has 0 saturated carbocycles. The van der Waals surface area contributed by atoms with Crippen LogP contribution in [0.25, 0.3) is 0 Å². The van der Waals surface area contributed by atoms with Gasteiger partial charge in [0, 0.05) is 25.3 Å². The predicted molar refractivity (Wildman–Crippen MR) is 81.6 cm³/mol. The first-order valence-corrected chi connectivity index (χ1v) is 7.10. The second kappa shape index (κ2) is 7.42. The van der Waals surface area contributed by atoms with Crippen LogP contribution in [0.2, 0.25) is 0 Å². The molecule has 0 bridgehead atoms. The van der Waals surface area contributed by atoms with Crippen LogP contribution in [0.15, 0.2) is 18.2 Å². The minimum atomic E-state index is 0.579. The Morgan fingerprint density at radius 3 is 2.50 bits per heavy atom. The van der Waals surface area contributed by atoms with Crippen LogP contribution in [0.3, 0.4) is 0 Å². The van der Waals surface area contributed by atoms with Gasteiger partial charge in [-0.25, -0.2) is 0 Å². The maximum atomic E-state index is 3.61. The molecule has 0 radical (unpaired) electrons. The highest BCUT2D eigenvalue weighted by Gasteiger charge is 2.10. The van der Waals surface area contributed by atoms with Crippen molar-refractivity contribution in [3.63, 3.8) is 0 Å². The lowest BCUT2D eigenvalue weighted by Crippen LogP contribution is -2.39. The molecule has 1 aromatic carbocycles. The third-order valence-electron chi connectivity index (χ3n) is 3.43. The Kier molecular flexibility index (Phi) is 6.20. The first kappa shape index (κ1) is 15.0. The van der Waals surface area contributed by atoms with Crippen molar-refractivity contribution >= 4 is 5.69 Å². The fraction of sp³-hybridized carbons (Fsp3) is 0.625. The Morgan fingerprint density at radius 2 is 1.94 bits per heavy atom. The van der Waals surface area contributed by atoms with Gasteiger partial charge in [-0.2, -0.15) is 0 Å². The zero-order chi connectivity index (χ0) is 13.5. The second-order valence-corrected chi connectivity index (χ2v) is 5.23. The highest BCUT2D eigenvalue weighted by Crippen LogP contribution is 2.20. The van der Waals surface area contributed by atoms with Gasteiger partial charge in [0.25, 0.3) is 0 Å². The number of rotatable bonds is 7. The van der Waals surface area contributed by atoms with Gasteiger partial charge in [-0.05, 0) is 44.9 Å². The molecular weight excluding hydrogens is 220 g/mol. The molecule has 0 aliphatic heterocycles. The lowest BCUT2D eigenvalue weighted by atomic mass is 10.1. The Balaban J connectivity index is 2.65. The van der Waals surface area contributed by atoms with Crippen LogP contribution in [0.1, 0.15) is 37.8 Å². The van der Waals surface area contributed by atoms with Crippen LogP contribution >= 0.6 is 0 Å². The third-order valence-corrected chi connectivity index (χ3v) is 3.43. The quantitative estimate of drug-likeness (QED) is 0.794. The van der Waals surface area contributed by atoms with E-state index in [0.717, 1.165) is 13.1 Å². The van der Waals surface area contributed by atoms with Crippen molar-refractivity contribution in [2.45, 2.75) is 46.6 Å². The fourth-order valence-corrected chi connectivity index (χ4v) is 2.35. The van der Waals surface area contributed by atoms with Gasteiger partial charge in [0.1, 0.15) is 0 Å². The third kappa shape index (κ3) is 4.34. The molecule has 0 amide bonds. The molecule has 1 N–H and O–H groups in total. The smallest absolute Gasteiger partial charge is 0.0394 e. The molecule has 0 spiro atoms. The zero-order valence-corrected chi connectivity index (χ0v) is 12.6. The molecule has 0 aromatic heterocycles. The minimum absolute atomic E-state index is 0.579. The number of nitrogens with one attached hydrogen (secondary N) is 1. The molecule has 18 heavy (non-hydrogen) atoms. The minimum Gasteiger partial charge on any atom is -0.373 e. The summed E-state index contributed by atoms with van der Waals surface area (Å²) in [4.78, 5) is 2.37. The van der Waals surface area contributed by atoms with Crippen LogP contribution in [0.4, 0.5) is 5.69 Å². The van der Waals surface area contributed by atoms with Crippen molar-refractivity contribution in [2.75, 3.05) is 25.0 Å². The number of anilines is 1. The van der Waals surface area contributed by atoms with E-state index >= 15 is 0 Å². The van der Waals surface area contributed by atoms with Crippen LogP contribution in [-0.2, 0) is 0 Å². The number of hydrogen-bond donors (Lipinski definition) is 1. The molecule has 2 heteroatoms. The van der Waals surface area contributed by atoms with Gasteiger partial charge in [-0.3, -0.25) is 0 Å². The van der Waals surface area contributed by atoms with Crippen molar-refractivity contribution in [2.24, 2.45) is 0 Å². The van der Waals surface area contributed by atoms with Gasteiger partial charge >= 0.3 is 0 Å². The summed E-state index contributed by atoms with van der Waals surface area (Å²) in [5, 5.41) is 3.61. The van der Waals surface area contributed by atoms with E-state index in [1.807, 2.05) is 0 Å². The van der Waals surface area contributed by atoms with E-state index in [1.165, 1.54) is 29.7 Å². The van der Waals surface area contributed by atoms with E-state index in [0.29, 0.717) is 6.04 Å². The van der Waals surface area contributed by atoms with Gasteiger partial charge in [-0.15, -0.1) is 0 Å². The van der Waals surface area contributed by atoms with E-state index in [1.54, 1.807) is 0 Å². The molecule has 1 unspecified atom stereocenters. The van der Waals surface area contributed by atoms with Gasteiger partial charge in [-0.1, -0.05) is 31.5 Å². The van der Waals surface area contributed by atoms with Crippen LogP contribution in [0.5, 0.6) is 0 Å². The van der Waals surface area contributed by atoms with Gasteiger partial charge in [0.05, 0.1) is 0 Å². The standard InChI is InChI=1S/C16H28N2/c1-6-10-17-15(7-2)12-18(5)16-9-8-13(3)11-14(16)4/h8-9,11,15,17H,6-7,10,12H2,1-5H3. The summed E-state index contributed by atoms with van der Waals surface area (Å²) < 4.78 is 0. The van der Waals surface area contributed by atoms with E-state index in [2.05, 4.69) is 63.2 Å².